The van der Waals surface area contributed by atoms with Crippen molar-refractivity contribution in [3.8, 4) is 17.2 Å². The van der Waals surface area contributed by atoms with E-state index in [1.807, 2.05) is 0 Å². The van der Waals surface area contributed by atoms with Crippen LogP contribution in [0.4, 0.5) is 0 Å². The Morgan fingerprint density at radius 3 is 2.35 bits per heavy atom. The molecule has 136 valence electrons. The molecule has 0 radical (unpaired) electrons. The van der Waals surface area contributed by atoms with Crippen molar-refractivity contribution >= 4 is 11.8 Å². The highest BCUT2D eigenvalue weighted by Crippen LogP contribution is 2.25. The lowest BCUT2D eigenvalue weighted by atomic mass is 10.2. The van der Waals surface area contributed by atoms with Crippen molar-refractivity contribution in [3.05, 3.63) is 66.7 Å². The van der Waals surface area contributed by atoms with Crippen LogP contribution in [0.25, 0.3) is 0 Å². The van der Waals surface area contributed by atoms with Gasteiger partial charge in [0.05, 0.1) is 7.11 Å². The molecule has 0 aliphatic rings. The second kappa shape index (κ2) is 9.73. The topological polar surface area (TPSA) is 85.9 Å². The Labute approximate surface area is 151 Å². The van der Waals surface area contributed by atoms with Crippen LogP contribution in [0.15, 0.2) is 61.2 Å². The third-order valence-electron chi connectivity index (χ3n) is 3.23. The van der Waals surface area contributed by atoms with Gasteiger partial charge in [-0.15, -0.1) is 0 Å². The third kappa shape index (κ3) is 5.55. The monoisotopic (exact) mass is 356 g/mol. The molecule has 0 aliphatic carbocycles. The molecule has 0 aromatic heterocycles. The zero-order chi connectivity index (χ0) is 18.8. The average Bonchev–Trinajstić information content (AvgIpc) is 2.69. The van der Waals surface area contributed by atoms with E-state index >= 15 is 0 Å². The minimum Gasteiger partial charge on any atom is -0.493 e. The van der Waals surface area contributed by atoms with Gasteiger partial charge < -0.3 is 14.2 Å². The Morgan fingerprint density at radius 1 is 1.00 bits per heavy atom. The average molecular weight is 356 g/mol. The van der Waals surface area contributed by atoms with E-state index in [4.69, 9.17) is 14.2 Å². The molecule has 2 rings (SSSR count). The molecule has 2 N–H and O–H groups in total. The van der Waals surface area contributed by atoms with Gasteiger partial charge in [0, 0.05) is 5.56 Å². The second-order valence-electron chi connectivity index (χ2n) is 5.07. The van der Waals surface area contributed by atoms with Crippen LogP contribution < -0.4 is 25.1 Å². The van der Waals surface area contributed by atoms with Gasteiger partial charge in [0.2, 0.25) is 0 Å². The minimum absolute atomic E-state index is 0.269. The molecular formula is C19H20N2O5. The number of amides is 2. The molecule has 0 spiro atoms. The standard InChI is InChI=1S/C19H20N2O5/c1-3-12-25-15-10-8-14(9-11-15)19(23)21-20-18(22)13-26-17-7-5-4-6-16(17)24-2/h3-11H,1,12-13H2,2H3,(H,20,22)(H,21,23). The van der Waals surface area contributed by atoms with Crippen molar-refractivity contribution in [2.24, 2.45) is 0 Å². The number of carbonyl (C=O) groups excluding carboxylic acids is 2. The predicted molar refractivity (Wildman–Crippen MR) is 96.2 cm³/mol. The van der Waals surface area contributed by atoms with E-state index in [0.29, 0.717) is 29.4 Å². The molecule has 0 unspecified atom stereocenters. The molecule has 0 bridgehead atoms. The van der Waals surface area contributed by atoms with Gasteiger partial charge in [-0.2, -0.15) is 0 Å². The SMILES string of the molecule is C=CCOc1ccc(C(=O)NNC(=O)COc2ccccc2OC)cc1. The van der Waals surface area contributed by atoms with Crippen molar-refractivity contribution in [1.82, 2.24) is 10.9 Å². The number of nitrogens with one attached hydrogen (secondary N) is 2. The lowest BCUT2D eigenvalue weighted by Gasteiger charge is -2.11. The van der Waals surface area contributed by atoms with E-state index in [-0.39, 0.29) is 6.61 Å². The number of hydrogen-bond acceptors (Lipinski definition) is 5. The number of hydrazine groups is 1. The molecule has 0 fully saturated rings. The van der Waals surface area contributed by atoms with E-state index in [2.05, 4.69) is 17.4 Å². The summed E-state index contributed by atoms with van der Waals surface area (Å²) in [6.07, 6.45) is 1.63. The van der Waals surface area contributed by atoms with E-state index in [0.717, 1.165) is 0 Å². The first kappa shape index (κ1) is 18.9. The highest BCUT2D eigenvalue weighted by atomic mass is 16.5. The molecule has 26 heavy (non-hydrogen) atoms. The van der Waals surface area contributed by atoms with Crippen LogP contribution in [0.5, 0.6) is 17.2 Å². The summed E-state index contributed by atoms with van der Waals surface area (Å²) in [5, 5.41) is 0. The van der Waals surface area contributed by atoms with E-state index in [1.54, 1.807) is 54.6 Å². The van der Waals surface area contributed by atoms with Gasteiger partial charge in [-0.1, -0.05) is 24.8 Å². The first-order valence-corrected chi connectivity index (χ1v) is 7.82. The summed E-state index contributed by atoms with van der Waals surface area (Å²) >= 11 is 0. The van der Waals surface area contributed by atoms with Gasteiger partial charge in [0.25, 0.3) is 11.8 Å². The molecule has 7 nitrogen and oxygen atoms in total. The quantitative estimate of drug-likeness (QED) is 0.559. The van der Waals surface area contributed by atoms with Crippen molar-refractivity contribution in [1.29, 1.82) is 0 Å². The highest BCUT2D eigenvalue weighted by molar-refractivity contribution is 5.95. The number of ether oxygens (including phenoxy) is 3. The molecule has 7 heteroatoms. The summed E-state index contributed by atoms with van der Waals surface area (Å²) in [5.41, 5.74) is 4.99. The van der Waals surface area contributed by atoms with Crippen LogP contribution in [0.2, 0.25) is 0 Å². The number of benzene rings is 2. The summed E-state index contributed by atoms with van der Waals surface area (Å²) in [6, 6.07) is 13.4. The van der Waals surface area contributed by atoms with Crippen LogP contribution in [0.3, 0.4) is 0 Å². The lowest BCUT2D eigenvalue weighted by Crippen LogP contribution is -2.43. The van der Waals surface area contributed by atoms with Gasteiger partial charge in [0.15, 0.2) is 18.1 Å². The maximum atomic E-state index is 12.0. The highest BCUT2D eigenvalue weighted by Gasteiger charge is 2.09. The molecular weight excluding hydrogens is 336 g/mol. The zero-order valence-corrected chi connectivity index (χ0v) is 14.4. The van der Waals surface area contributed by atoms with Crippen LogP contribution in [0, 0.1) is 0 Å². The first-order chi connectivity index (χ1) is 12.6. The number of methoxy groups -OCH3 is 1. The number of para-hydroxylation sites is 2. The molecule has 0 aliphatic heterocycles. The molecule has 0 saturated heterocycles. The van der Waals surface area contributed by atoms with E-state index in [9.17, 15) is 9.59 Å². The molecule has 2 aromatic rings. The Morgan fingerprint density at radius 2 is 1.69 bits per heavy atom. The largest absolute Gasteiger partial charge is 0.493 e. The zero-order valence-electron chi connectivity index (χ0n) is 14.4. The fourth-order valence-corrected chi connectivity index (χ4v) is 1.97. The molecule has 0 heterocycles. The molecule has 0 saturated carbocycles. The van der Waals surface area contributed by atoms with Crippen LogP contribution in [-0.4, -0.2) is 32.1 Å². The van der Waals surface area contributed by atoms with Crippen molar-refractivity contribution in [2.75, 3.05) is 20.3 Å². The van der Waals surface area contributed by atoms with Gasteiger partial charge in [-0.05, 0) is 36.4 Å². The summed E-state index contributed by atoms with van der Waals surface area (Å²) in [4.78, 5) is 23.8. The third-order valence-corrected chi connectivity index (χ3v) is 3.23. The first-order valence-electron chi connectivity index (χ1n) is 7.82. The number of carbonyl (C=O) groups is 2. The summed E-state index contributed by atoms with van der Waals surface area (Å²) in [7, 11) is 1.51. The van der Waals surface area contributed by atoms with E-state index in [1.165, 1.54) is 7.11 Å². The molecule has 2 amide bonds. The van der Waals surface area contributed by atoms with Gasteiger partial charge >= 0.3 is 0 Å². The van der Waals surface area contributed by atoms with Gasteiger partial charge in [0.1, 0.15) is 12.4 Å². The lowest BCUT2D eigenvalue weighted by molar-refractivity contribution is -0.123. The molecule has 0 atom stereocenters. The maximum absolute atomic E-state index is 12.0. The second-order valence-corrected chi connectivity index (χ2v) is 5.07. The molecule has 2 aromatic carbocycles. The fourth-order valence-electron chi connectivity index (χ4n) is 1.97. The fraction of sp³-hybridized carbons (Fsp3) is 0.158. The minimum atomic E-state index is -0.504. The van der Waals surface area contributed by atoms with Crippen LogP contribution in [-0.2, 0) is 4.79 Å². The predicted octanol–water partition coefficient (Wildman–Crippen LogP) is 2.10. The smallest absolute Gasteiger partial charge is 0.276 e. The van der Waals surface area contributed by atoms with Crippen molar-refractivity contribution in [2.45, 2.75) is 0 Å². The van der Waals surface area contributed by atoms with Crippen LogP contribution >= 0.6 is 0 Å². The van der Waals surface area contributed by atoms with Gasteiger partial charge in [-0.3, -0.25) is 20.4 Å². The number of hydrogen-bond donors (Lipinski definition) is 2. The normalized spacial score (nSPS) is 9.73. The summed E-state index contributed by atoms with van der Waals surface area (Å²) in [5.74, 6) is 0.617. The van der Waals surface area contributed by atoms with Gasteiger partial charge in [-0.25, -0.2) is 0 Å². The Hall–Kier alpha value is -3.48. The van der Waals surface area contributed by atoms with Crippen molar-refractivity contribution in [3.63, 3.8) is 0 Å². The summed E-state index contributed by atoms with van der Waals surface area (Å²) in [6.45, 7) is 3.67. The number of rotatable bonds is 8. The maximum Gasteiger partial charge on any atom is 0.276 e. The Balaban J connectivity index is 1.79. The van der Waals surface area contributed by atoms with Crippen LogP contribution in [0.1, 0.15) is 10.4 Å². The summed E-state index contributed by atoms with van der Waals surface area (Å²) < 4.78 is 15.8. The Bertz CT molecular complexity index is 759. The van der Waals surface area contributed by atoms with Crippen molar-refractivity contribution < 1.29 is 23.8 Å². The Kier molecular flexibility index (Phi) is 7.05. The van der Waals surface area contributed by atoms with E-state index < -0.39 is 11.8 Å².